The number of nitrogens with two attached hydrogens (primary N) is 2. The van der Waals surface area contributed by atoms with Gasteiger partial charge in [-0.2, -0.15) is 0 Å². The molecule has 0 atom stereocenters. The van der Waals surface area contributed by atoms with Crippen molar-refractivity contribution >= 4 is 5.69 Å². The van der Waals surface area contributed by atoms with Crippen LogP contribution in [-0.4, -0.2) is 4.57 Å². The van der Waals surface area contributed by atoms with E-state index in [0.717, 1.165) is 0 Å². The van der Waals surface area contributed by atoms with Crippen molar-refractivity contribution in [1.82, 2.24) is 4.57 Å². The molecule has 13 heavy (non-hydrogen) atoms. The molecule has 0 fully saturated rings. The van der Waals surface area contributed by atoms with E-state index in [2.05, 4.69) is 0 Å². The van der Waals surface area contributed by atoms with Gasteiger partial charge in [-0.25, -0.2) is 0 Å². The number of aromatic nitrogens is 1. The highest BCUT2D eigenvalue weighted by Gasteiger charge is 2.05. The molecule has 1 rings (SSSR count). The first-order chi connectivity index (χ1) is 6.06. The summed E-state index contributed by atoms with van der Waals surface area (Å²) in [7, 11) is 0. The first kappa shape index (κ1) is 9.80. The Morgan fingerprint density at radius 1 is 1.54 bits per heavy atom. The summed E-state index contributed by atoms with van der Waals surface area (Å²) in [6.07, 6.45) is 1.64. The summed E-state index contributed by atoms with van der Waals surface area (Å²) in [5.41, 5.74) is 12.1. The summed E-state index contributed by atoms with van der Waals surface area (Å²) in [6.45, 7) is 4.10. The number of nitrogen functional groups attached to an aromatic ring is 1. The van der Waals surface area contributed by atoms with Crippen LogP contribution in [0, 0.1) is 0 Å². The smallest absolute Gasteiger partial charge is 0.255 e. The molecule has 0 radical (unpaired) electrons. The zero-order valence-corrected chi connectivity index (χ0v) is 7.95. The SMILES string of the molecule is CC(C)n1cc(N)cc(CN)c1=O. The topological polar surface area (TPSA) is 74.0 Å². The highest BCUT2D eigenvalue weighted by molar-refractivity contribution is 5.37. The van der Waals surface area contributed by atoms with Gasteiger partial charge < -0.3 is 16.0 Å². The minimum atomic E-state index is -0.0494. The van der Waals surface area contributed by atoms with E-state index in [0.29, 0.717) is 11.3 Å². The van der Waals surface area contributed by atoms with Gasteiger partial charge in [-0.15, -0.1) is 0 Å². The van der Waals surface area contributed by atoms with E-state index in [1.54, 1.807) is 16.8 Å². The van der Waals surface area contributed by atoms with Gasteiger partial charge >= 0.3 is 0 Å². The van der Waals surface area contributed by atoms with Gasteiger partial charge in [0, 0.05) is 30.0 Å². The van der Waals surface area contributed by atoms with Gasteiger partial charge in [-0.1, -0.05) is 0 Å². The Bertz CT molecular complexity index is 354. The molecule has 0 aliphatic heterocycles. The summed E-state index contributed by atoms with van der Waals surface area (Å²) >= 11 is 0. The third-order valence-corrected chi connectivity index (χ3v) is 1.91. The number of anilines is 1. The van der Waals surface area contributed by atoms with Crippen molar-refractivity contribution in [1.29, 1.82) is 0 Å². The lowest BCUT2D eigenvalue weighted by molar-refractivity contribution is 0.574. The largest absolute Gasteiger partial charge is 0.398 e. The number of pyridine rings is 1. The maximum Gasteiger partial charge on any atom is 0.255 e. The molecule has 1 heterocycles. The molecule has 0 bridgehead atoms. The van der Waals surface area contributed by atoms with Crippen LogP contribution in [0.3, 0.4) is 0 Å². The molecule has 4 N–H and O–H groups in total. The fourth-order valence-corrected chi connectivity index (χ4v) is 1.22. The Kier molecular flexibility index (Phi) is 2.72. The molecule has 0 saturated carbocycles. The quantitative estimate of drug-likeness (QED) is 0.696. The molecule has 1 aromatic heterocycles. The van der Waals surface area contributed by atoms with Crippen LogP contribution >= 0.6 is 0 Å². The van der Waals surface area contributed by atoms with Gasteiger partial charge in [0.25, 0.3) is 5.56 Å². The third kappa shape index (κ3) is 1.89. The van der Waals surface area contributed by atoms with Crippen molar-refractivity contribution in [2.75, 3.05) is 5.73 Å². The summed E-state index contributed by atoms with van der Waals surface area (Å²) in [5.74, 6) is 0. The molecule has 0 aliphatic rings. The molecule has 1 aromatic rings. The number of nitrogens with zero attached hydrogens (tertiary/aromatic N) is 1. The normalized spacial score (nSPS) is 10.8. The monoisotopic (exact) mass is 181 g/mol. The fraction of sp³-hybridized carbons (Fsp3) is 0.444. The lowest BCUT2D eigenvalue weighted by Gasteiger charge is -2.11. The van der Waals surface area contributed by atoms with Crippen LogP contribution in [0.1, 0.15) is 25.5 Å². The van der Waals surface area contributed by atoms with Crippen LogP contribution in [0.2, 0.25) is 0 Å². The predicted molar refractivity (Wildman–Crippen MR) is 53.4 cm³/mol. The summed E-state index contributed by atoms with van der Waals surface area (Å²) in [6, 6.07) is 1.74. The number of hydrogen-bond donors (Lipinski definition) is 2. The zero-order valence-electron chi connectivity index (χ0n) is 7.95. The number of hydrogen-bond acceptors (Lipinski definition) is 3. The molecule has 4 heteroatoms. The molecular weight excluding hydrogens is 166 g/mol. The Labute approximate surface area is 77.2 Å². The van der Waals surface area contributed by atoms with Crippen LogP contribution in [0.15, 0.2) is 17.1 Å². The van der Waals surface area contributed by atoms with Crippen molar-refractivity contribution in [2.24, 2.45) is 5.73 Å². The van der Waals surface area contributed by atoms with Crippen molar-refractivity contribution in [3.8, 4) is 0 Å². The maximum absolute atomic E-state index is 11.6. The standard InChI is InChI=1S/C9H15N3O/c1-6(2)12-5-8(11)3-7(4-10)9(12)13/h3,5-6H,4,10-11H2,1-2H3. The maximum atomic E-state index is 11.6. The molecule has 0 aliphatic carbocycles. The van der Waals surface area contributed by atoms with E-state index in [-0.39, 0.29) is 18.1 Å². The second-order valence-corrected chi connectivity index (χ2v) is 3.31. The van der Waals surface area contributed by atoms with Gasteiger partial charge in [0.05, 0.1) is 0 Å². The van der Waals surface area contributed by atoms with Crippen LogP contribution in [0.5, 0.6) is 0 Å². The Morgan fingerprint density at radius 3 is 2.62 bits per heavy atom. The Hall–Kier alpha value is -1.29. The van der Waals surface area contributed by atoms with Gasteiger partial charge in [0.1, 0.15) is 0 Å². The third-order valence-electron chi connectivity index (χ3n) is 1.91. The minimum Gasteiger partial charge on any atom is -0.398 e. The van der Waals surface area contributed by atoms with E-state index in [9.17, 15) is 4.79 Å². The average molecular weight is 181 g/mol. The van der Waals surface area contributed by atoms with Gasteiger partial charge in [-0.05, 0) is 19.9 Å². The first-order valence-corrected chi connectivity index (χ1v) is 4.27. The van der Waals surface area contributed by atoms with Crippen LogP contribution in [0.25, 0.3) is 0 Å². The van der Waals surface area contributed by atoms with E-state index >= 15 is 0 Å². The molecule has 72 valence electrons. The van der Waals surface area contributed by atoms with Crippen molar-refractivity contribution in [3.63, 3.8) is 0 Å². The lowest BCUT2D eigenvalue weighted by Crippen LogP contribution is -2.26. The molecule has 0 aromatic carbocycles. The molecular formula is C9H15N3O. The Morgan fingerprint density at radius 2 is 2.15 bits per heavy atom. The van der Waals surface area contributed by atoms with Gasteiger partial charge in [-0.3, -0.25) is 4.79 Å². The van der Waals surface area contributed by atoms with E-state index < -0.39 is 0 Å². The Balaban J connectivity index is 3.36. The molecule has 0 saturated heterocycles. The fourth-order valence-electron chi connectivity index (χ4n) is 1.22. The highest BCUT2D eigenvalue weighted by Crippen LogP contribution is 2.06. The summed E-state index contributed by atoms with van der Waals surface area (Å²) in [5, 5.41) is 0. The second-order valence-electron chi connectivity index (χ2n) is 3.31. The van der Waals surface area contributed by atoms with Gasteiger partial charge in [0.15, 0.2) is 0 Å². The van der Waals surface area contributed by atoms with Crippen LogP contribution in [0.4, 0.5) is 5.69 Å². The minimum absolute atomic E-state index is 0.0494. The van der Waals surface area contributed by atoms with Crippen LogP contribution < -0.4 is 17.0 Å². The van der Waals surface area contributed by atoms with Crippen molar-refractivity contribution in [2.45, 2.75) is 26.4 Å². The number of rotatable bonds is 2. The summed E-state index contributed by atoms with van der Waals surface area (Å²) in [4.78, 5) is 11.6. The lowest BCUT2D eigenvalue weighted by atomic mass is 10.2. The molecule has 4 nitrogen and oxygen atoms in total. The van der Waals surface area contributed by atoms with E-state index in [1.807, 2.05) is 13.8 Å². The van der Waals surface area contributed by atoms with E-state index in [1.165, 1.54) is 0 Å². The van der Waals surface area contributed by atoms with E-state index in [4.69, 9.17) is 11.5 Å². The van der Waals surface area contributed by atoms with Crippen LogP contribution in [-0.2, 0) is 6.54 Å². The molecule has 0 amide bonds. The molecule has 0 unspecified atom stereocenters. The second kappa shape index (κ2) is 3.62. The van der Waals surface area contributed by atoms with Crippen molar-refractivity contribution < 1.29 is 0 Å². The first-order valence-electron chi connectivity index (χ1n) is 4.27. The average Bonchev–Trinajstić information content (AvgIpc) is 2.08. The van der Waals surface area contributed by atoms with Gasteiger partial charge in [0.2, 0.25) is 0 Å². The highest BCUT2D eigenvalue weighted by atomic mass is 16.1. The summed E-state index contributed by atoms with van der Waals surface area (Å²) < 4.78 is 1.59. The zero-order chi connectivity index (χ0) is 10.0. The van der Waals surface area contributed by atoms with Crippen molar-refractivity contribution in [3.05, 3.63) is 28.2 Å². The molecule has 0 spiro atoms. The predicted octanol–water partition coefficient (Wildman–Crippen LogP) is 0.470.